The predicted molar refractivity (Wildman–Crippen MR) is 98.0 cm³/mol. The van der Waals surface area contributed by atoms with Crippen molar-refractivity contribution < 1.29 is 13.2 Å². The van der Waals surface area contributed by atoms with Crippen molar-refractivity contribution in [2.24, 2.45) is 0 Å². The van der Waals surface area contributed by atoms with Crippen LogP contribution >= 0.6 is 0 Å². The number of nitrogens with one attached hydrogen (secondary N) is 1. The minimum absolute atomic E-state index is 0.102. The first-order valence-electron chi connectivity index (χ1n) is 8.36. The summed E-state index contributed by atoms with van der Waals surface area (Å²) in [5.41, 5.74) is 1.81. The Kier molecular flexibility index (Phi) is 4.61. The zero-order valence-electron chi connectivity index (χ0n) is 14.1. The number of anilines is 1. The van der Waals surface area contributed by atoms with E-state index in [1.807, 2.05) is 30.3 Å². The monoisotopic (exact) mass is 363 g/mol. The van der Waals surface area contributed by atoms with Crippen LogP contribution in [-0.4, -0.2) is 10.2 Å². The molecule has 0 aliphatic rings. The van der Waals surface area contributed by atoms with Crippen LogP contribution in [0.15, 0.2) is 83.3 Å². The van der Waals surface area contributed by atoms with E-state index in [9.17, 15) is 8.78 Å². The number of rotatable bonds is 5. The Labute approximate surface area is 154 Å². The van der Waals surface area contributed by atoms with Crippen molar-refractivity contribution in [3.8, 4) is 11.5 Å². The van der Waals surface area contributed by atoms with Crippen molar-refractivity contribution in [3.63, 3.8) is 0 Å². The van der Waals surface area contributed by atoms with Gasteiger partial charge in [0.05, 0.1) is 5.56 Å². The number of hydrogen-bond acceptors (Lipinski definition) is 4. The molecule has 0 saturated carbocycles. The van der Waals surface area contributed by atoms with Gasteiger partial charge >= 0.3 is 0 Å². The third-order valence-electron chi connectivity index (χ3n) is 4.08. The molecule has 1 atom stereocenters. The highest BCUT2D eigenvalue weighted by Gasteiger charge is 2.22. The fraction of sp³-hybridized carbons (Fsp3) is 0.0476. The zero-order chi connectivity index (χ0) is 18.6. The van der Waals surface area contributed by atoms with Gasteiger partial charge in [0.2, 0.25) is 5.89 Å². The molecule has 0 aliphatic carbocycles. The van der Waals surface area contributed by atoms with Gasteiger partial charge in [-0.15, -0.1) is 10.2 Å². The molecule has 0 amide bonds. The second-order valence-corrected chi connectivity index (χ2v) is 5.92. The molecule has 4 rings (SSSR count). The third kappa shape index (κ3) is 3.69. The van der Waals surface area contributed by atoms with Crippen LogP contribution in [0.3, 0.4) is 0 Å². The van der Waals surface area contributed by atoms with Crippen molar-refractivity contribution in [1.82, 2.24) is 10.2 Å². The molecule has 0 aliphatic heterocycles. The van der Waals surface area contributed by atoms with Crippen LogP contribution in [0.2, 0.25) is 0 Å². The molecular weight excluding hydrogens is 348 g/mol. The second-order valence-electron chi connectivity index (χ2n) is 5.92. The van der Waals surface area contributed by atoms with Gasteiger partial charge in [0.25, 0.3) is 5.89 Å². The van der Waals surface area contributed by atoms with E-state index in [0.717, 1.165) is 5.56 Å². The van der Waals surface area contributed by atoms with E-state index in [1.165, 1.54) is 18.2 Å². The molecule has 0 bridgehead atoms. The predicted octanol–water partition coefficient (Wildman–Crippen LogP) is 5.22. The summed E-state index contributed by atoms with van der Waals surface area (Å²) in [5, 5.41) is 11.4. The van der Waals surface area contributed by atoms with Gasteiger partial charge in [-0.2, -0.15) is 0 Å². The van der Waals surface area contributed by atoms with Crippen molar-refractivity contribution in [2.45, 2.75) is 6.04 Å². The highest BCUT2D eigenvalue weighted by Crippen LogP contribution is 2.29. The summed E-state index contributed by atoms with van der Waals surface area (Å²) in [6.07, 6.45) is 0. The molecule has 0 radical (unpaired) electrons. The van der Waals surface area contributed by atoms with Gasteiger partial charge in [-0.05, 0) is 42.0 Å². The Hall–Kier alpha value is -3.54. The molecule has 0 saturated heterocycles. The average Bonchev–Trinajstić information content (AvgIpc) is 3.18. The smallest absolute Gasteiger partial charge is 0.250 e. The molecule has 134 valence electrons. The Morgan fingerprint density at radius 2 is 1.48 bits per heavy atom. The van der Waals surface area contributed by atoms with Gasteiger partial charge in [-0.3, -0.25) is 0 Å². The lowest BCUT2D eigenvalue weighted by Crippen LogP contribution is -2.12. The van der Waals surface area contributed by atoms with E-state index in [-0.39, 0.29) is 23.2 Å². The maximum absolute atomic E-state index is 14.0. The van der Waals surface area contributed by atoms with Crippen LogP contribution in [0.25, 0.3) is 11.5 Å². The lowest BCUT2D eigenvalue weighted by molar-refractivity contribution is 0.490. The fourth-order valence-electron chi connectivity index (χ4n) is 2.74. The molecule has 27 heavy (non-hydrogen) atoms. The molecule has 1 N–H and O–H groups in total. The summed E-state index contributed by atoms with van der Waals surface area (Å²) in [6, 6.07) is 21.2. The first kappa shape index (κ1) is 16.9. The van der Waals surface area contributed by atoms with Crippen LogP contribution in [0.1, 0.15) is 17.5 Å². The number of hydrogen-bond donors (Lipinski definition) is 1. The lowest BCUT2D eigenvalue weighted by Gasteiger charge is -2.17. The molecule has 4 aromatic rings. The number of halogens is 2. The maximum Gasteiger partial charge on any atom is 0.250 e. The van der Waals surface area contributed by atoms with Crippen LogP contribution in [0, 0.1) is 11.6 Å². The summed E-state index contributed by atoms with van der Waals surface area (Å²) in [5.74, 6) is -0.374. The Bertz CT molecular complexity index is 1030. The number of nitrogens with zero attached hydrogens (tertiary/aromatic N) is 2. The van der Waals surface area contributed by atoms with Gasteiger partial charge in [0.15, 0.2) is 0 Å². The van der Waals surface area contributed by atoms with E-state index >= 15 is 0 Å². The largest absolute Gasteiger partial charge is 0.418 e. The van der Waals surface area contributed by atoms with Gasteiger partial charge in [-0.1, -0.05) is 42.5 Å². The molecule has 1 aromatic heterocycles. The van der Waals surface area contributed by atoms with Crippen molar-refractivity contribution in [2.75, 3.05) is 5.32 Å². The Morgan fingerprint density at radius 3 is 2.22 bits per heavy atom. The van der Waals surface area contributed by atoms with E-state index in [0.29, 0.717) is 5.69 Å². The molecule has 0 unspecified atom stereocenters. The highest BCUT2D eigenvalue weighted by molar-refractivity contribution is 5.54. The second kappa shape index (κ2) is 7.37. The van der Waals surface area contributed by atoms with E-state index < -0.39 is 11.9 Å². The standard InChI is InChI=1S/C21H15F2N3O/c22-15-10-12-16(13-11-15)24-19(14-6-2-1-3-7-14)21-26-25-20(27-21)17-8-4-5-9-18(17)23/h1-13,19,24H/t19-/m0/s1. The first-order chi connectivity index (χ1) is 13.2. The summed E-state index contributed by atoms with van der Waals surface area (Å²) < 4.78 is 33.0. The van der Waals surface area contributed by atoms with Crippen molar-refractivity contribution in [1.29, 1.82) is 0 Å². The van der Waals surface area contributed by atoms with Crippen LogP contribution < -0.4 is 5.32 Å². The van der Waals surface area contributed by atoms with Gasteiger partial charge in [0.1, 0.15) is 17.7 Å². The SMILES string of the molecule is Fc1ccc(N[C@@H](c2ccccc2)c2nnc(-c3ccccc3F)o2)cc1. The van der Waals surface area contributed by atoms with Gasteiger partial charge in [0, 0.05) is 5.69 Å². The fourth-order valence-corrected chi connectivity index (χ4v) is 2.74. The summed E-state index contributed by atoms with van der Waals surface area (Å²) in [4.78, 5) is 0. The Balaban J connectivity index is 1.71. The third-order valence-corrected chi connectivity index (χ3v) is 4.08. The normalized spacial score (nSPS) is 11.9. The minimum atomic E-state index is -0.468. The minimum Gasteiger partial charge on any atom is -0.418 e. The van der Waals surface area contributed by atoms with Gasteiger partial charge < -0.3 is 9.73 Å². The average molecular weight is 363 g/mol. The van der Waals surface area contributed by atoms with Gasteiger partial charge in [-0.25, -0.2) is 8.78 Å². The summed E-state index contributed by atoms with van der Waals surface area (Å²) in [7, 11) is 0. The molecular formula is C21H15F2N3O. The highest BCUT2D eigenvalue weighted by atomic mass is 19.1. The lowest BCUT2D eigenvalue weighted by atomic mass is 10.1. The van der Waals surface area contributed by atoms with Crippen LogP contribution in [-0.2, 0) is 0 Å². The first-order valence-corrected chi connectivity index (χ1v) is 8.36. The topological polar surface area (TPSA) is 51.0 Å². The number of aromatic nitrogens is 2. The van der Waals surface area contributed by atoms with E-state index in [1.54, 1.807) is 30.3 Å². The summed E-state index contributed by atoms with van der Waals surface area (Å²) >= 11 is 0. The van der Waals surface area contributed by atoms with E-state index in [4.69, 9.17) is 4.42 Å². The number of benzene rings is 3. The molecule has 1 heterocycles. The van der Waals surface area contributed by atoms with Crippen LogP contribution in [0.5, 0.6) is 0 Å². The van der Waals surface area contributed by atoms with Crippen LogP contribution in [0.4, 0.5) is 14.5 Å². The molecule has 0 fully saturated rings. The summed E-state index contributed by atoms with van der Waals surface area (Å²) in [6.45, 7) is 0. The van der Waals surface area contributed by atoms with Crippen molar-refractivity contribution in [3.05, 3.63) is 102 Å². The van der Waals surface area contributed by atoms with Crippen molar-refractivity contribution >= 4 is 5.69 Å². The zero-order valence-corrected chi connectivity index (χ0v) is 14.1. The molecule has 3 aromatic carbocycles. The van der Waals surface area contributed by atoms with E-state index in [2.05, 4.69) is 15.5 Å². The molecule has 6 heteroatoms. The Morgan fingerprint density at radius 1 is 0.778 bits per heavy atom. The molecule has 4 nitrogen and oxygen atoms in total. The maximum atomic E-state index is 14.0. The molecule has 0 spiro atoms. The quantitative estimate of drug-likeness (QED) is 0.528.